The van der Waals surface area contributed by atoms with E-state index < -0.39 is 0 Å². The summed E-state index contributed by atoms with van der Waals surface area (Å²) < 4.78 is 0. The van der Waals surface area contributed by atoms with Gasteiger partial charge in [-0.2, -0.15) is 0 Å². The second-order valence-corrected chi connectivity index (χ2v) is 5.31. The molecule has 1 heterocycles. The third-order valence-electron chi connectivity index (χ3n) is 3.99. The van der Waals surface area contributed by atoms with Crippen molar-refractivity contribution >= 4 is 5.69 Å². The van der Waals surface area contributed by atoms with Crippen LogP contribution in [0.3, 0.4) is 0 Å². The molecule has 1 aromatic rings. The molecule has 4 nitrogen and oxygen atoms in total. The standard InChI is InChI=1S/C15H25N3O/c1-2-14(16)15-8-7-13(11-17-15)18(9-4-10-19)12-5-3-6-12/h7-8,11-12,14,19H,2-6,9-10,16H2,1H3/t14-/m1/s1. The van der Waals surface area contributed by atoms with Gasteiger partial charge in [-0.25, -0.2) is 0 Å². The van der Waals surface area contributed by atoms with Crippen molar-refractivity contribution in [3.63, 3.8) is 0 Å². The average molecular weight is 263 g/mol. The Hall–Kier alpha value is -1.13. The van der Waals surface area contributed by atoms with E-state index in [4.69, 9.17) is 10.8 Å². The number of rotatable bonds is 7. The van der Waals surface area contributed by atoms with Gasteiger partial charge < -0.3 is 15.7 Å². The molecule has 19 heavy (non-hydrogen) atoms. The molecule has 1 aromatic heterocycles. The van der Waals surface area contributed by atoms with Crippen LogP contribution in [-0.2, 0) is 0 Å². The number of nitrogens with zero attached hydrogens (tertiary/aromatic N) is 2. The summed E-state index contributed by atoms with van der Waals surface area (Å²) in [5, 5.41) is 9.02. The number of aliphatic hydroxyl groups is 1. The lowest BCUT2D eigenvalue weighted by Crippen LogP contribution is -2.41. The number of hydrogen-bond donors (Lipinski definition) is 2. The predicted octanol–water partition coefficient (Wildman–Crippen LogP) is 2.23. The zero-order valence-electron chi connectivity index (χ0n) is 11.8. The normalized spacial score (nSPS) is 17.0. The Morgan fingerprint density at radius 2 is 2.26 bits per heavy atom. The van der Waals surface area contributed by atoms with Gasteiger partial charge in [0.25, 0.3) is 0 Å². The molecule has 0 aromatic carbocycles. The number of aromatic nitrogens is 1. The van der Waals surface area contributed by atoms with Crippen LogP contribution in [0.25, 0.3) is 0 Å². The number of aliphatic hydroxyl groups excluding tert-OH is 1. The summed E-state index contributed by atoms with van der Waals surface area (Å²) in [5.41, 5.74) is 8.11. The van der Waals surface area contributed by atoms with Crippen LogP contribution in [0.2, 0.25) is 0 Å². The van der Waals surface area contributed by atoms with Crippen LogP contribution in [0.15, 0.2) is 18.3 Å². The Morgan fingerprint density at radius 1 is 1.47 bits per heavy atom. The van der Waals surface area contributed by atoms with Crippen LogP contribution in [0, 0.1) is 0 Å². The predicted molar refractivity (Wildman–Crippen MR) is 78.1 cm³/mol. The maximum Gasteiger partial charge on any atom is 0.0572 e. The van der Waals surface area contributed by atoms with Crippen molar-refractivity contribution in [2.75, 3.05) is 18.1 Å². The van der Waals surface area contributed by atoms with E-state index in [1.165, 1.54) is 19.3 Å². The van der Waals surface area contributed by atoms with Crippen molar-refractivity contribution in [3.05, 3.63) is 24.0 Å². The summed E-state index contributed by atoms with van der Waals surface area (Å²) in [6.45, 7) is 3.22. The molecule has 1 saturated carbocycles. The maximum atomic E-state index is 9.02. The van der Waals surface area contributed by atoms with Gasteiger partial charge in [0.2, 0.25) is 0 Å². The van der Waals surface area contributed by atoms with Crippen LogP contribution in [-0.4, -0.2) is 29.3 Å². The van der Waals surface area contributed by atoms with Crippen LogP contribution >= 0.6 is 0 Å². The molecular weight excluding hydrogens is 238 g/mol. The van der Waals surface area contributed by atoms with Gasteiger partial charge in [0.1, 0.15) is 0 Å². The van der Waals surface area contributed by atoms with E-state index in [-0.39, 0.29) is 12.6 Å². The molecule has 0 unspecified atom stereocenters. The molecule has 0 bridgehead atoms. The fraction of sp³-hybridized carbons (Fsp3) is 0.667. The molecule has 0 amide bonds. The molecule has 1 atom stereocenters. The molecule has 0 radical (unpaired) electrons. The minimum atomic E-state index is 0.0312. The molecule has 0 spiro atoms. The van der Waals surface area contributed by atoms with E-state index in [9.17, 15) is 0 Å². The third-order valence-corrected chi connectivity index (χ3v) is 3.99. The molecule has 1 fully saturated rings. The number of hydrogen-bond acceptors (Lipinski definition) is 4. The first-order valence-corrected chi connectivity index (χ1v) is 7.35. The van der Waals surface area contributed by atoms with Crippen molar-refractivity contribution < 1.29 is 5.11 Å². The molecule has 0 saturated heterocycles. The van der Waals surface area contributed by atoms with Gasteiger partial charge >= 0.3 is 0 Å². The van der Waals surface area contributed by atoms with Gasteiger partial charge in [-0.05, 0) is 44.2 Å². The Kier molecular flexibility index (Phi) is 5.16. The van der Waals surface area contributed by atoms with Crippen molar-refractivity contribution in [2.24, 2.45) is 5.73 Å². The first kappa shape index (κ1) is 14.3. The van der Waals surface area contributed by atoms with E-state index in [0.29, 0.717) is 6.04 Å². The van der Waals surface area contributed by atoms with Gasteiger partial charge in [0.15, 0.2) is 0 Å². The van der Waals surface area contributed by atoms with E-state index in [2.05, 4.69) is 22.9 Å². The SMILES string of the molecule is CC[C@@H](N)c1ccc(N(CCCO)C2CCC2)cn1. The number of nitrogens with two attached hydrogens (primary N) is 1. The Labute approximate surface area is 115 Å². The lowest BCUT2D eigenvalue weighted by atomic mass is 9.91. The summed E-state index contributed by atoms with van der Waals surface area (Å²) in [4.78, 5) is 6.87. The first-order chi connectivity index (χ1) is 9.26. The minimum Gasteiger partial charge on any atom is -0.396 e. The summed E-state index contributed by atoms with van der Waals surface area (Å²) >= 11 is 0. The van der Waals surface area contributed by atoms with Crippen LogP contribution < -0.4 is 10.6 Å². The van der Waals surface area contributed by atoms with Crippen LogP contribution in [0.5, 0.6) is 0 Å². The molecule has 3 N–H and O–H groups in total. The smallest absolute Gasteiger partial charge is 0.0572 e. The van der Waals surface area contributed by atoms with Gasteiger partial charge in [0.05, 0.1) is 17.6 Å². The molecule has 2 rings (SSSR count). The van der Waals surface area contributed by atoms with Gasteiger partial charge in [-0.15, -0.1) is 0 Å². The Balaban J connectivity index is 2.07. The summed E-state index contributed by atoms with van der Waals surface area (Å²) in [6.07, 6.45) is 7.46. The van der Waals surface area contributed by atoms with E-state index in [1.807, 2.05) is 12.3 Å². The molecule has 0 aliphatic heterocycles. The van der Waals surface area contributed by atoms with Gasteiger partial charge in [-0.3, -0.25) is 4.98 Å². The Morgan fingerprint density at radius 3 is 2.74 bits per heavy atom. The topological polar surface area (TPSA) is 62.4 Å². The van der Waals surface area contributed by atoms with Gasteiger partial charge in [0, 0.05) is 25.2 Å². The second kappa shape index (κ2) is 6.87. The summed E-state index contributed by atoms with van der Waals surface area (Å²) in [7, 11) is 0. The lowest BCUT2D eigenvalue weighted by Gasteiger charge is -2.39. The third kappa shape index (κ3) is 3.45. The fourth-order valence-corrected chi connectivity index (χ4v) is 2.46. The maximum absolute atomic E-state index is 9.02. The quantitative estimate of drug-likeness (QED) is 0.792. The van der Waals surface area contributed by atoms with Crippen molar-refractivity contribution in [2.45, 2.75) is 51.1 Å². The summed E-state index contributed by atoms with van der Waals surface area (Å²) in [6, 6.07) is 4.81. The zero-order valence-corrected chi connectivity index (χ0v) is 11.8. The van der Waals surface area contributed by atoms with E-state index in [0.717, 1.165) is 30.8 Å². The highest BCUT2D eigenvalue weighted by Crippen LogP contribution is 2.29. The highest BCUT2D eigenvalue weighted by atomic mass is 16.3. The Bertz CT molecular complexity index is 375. The van der Waals surface area contributed by atoms with E-state index in [1.54, 1.807) is 0 Å². The molecule has 4 heteroatoms. The van der Waals surface area contributed by atoms with Crippen molar-refractivity contribution in [1.29, 1.82) is 0 Å². The monoisotopic (exact) mass is 263 g/mol. The van der Waals surface area contributed by atoms with Crippen LogP contribution in [0.4, 0.5) is 5.69 Å². The molecular formula is C15H25N3O. The highest BCUT2D eigenvalue weighted by Gasteiger charge is 2.25. The average Bonchev–Trinajstić information content (AvgIpc) is 2.40. The zero-order chi connectivity index (χ0) is 13.7. The minimum absolute atomic E-state index is 0.0312. The fourth-order valence-electron chi connectivity index (χ4n) is 2.46. The van der Waals surface area contributed by atoms with Gasteiger partial charge in [-0.1, -0.05) is 6.92 Å². The van der Waals surface area contributed by atoms with Crippen molar-refractivity contribution in [3.8, 4) is 0 Å². The van der Waals surface area contributed by atoms with E-state index >= 15 is 0 Å². The number of anilines is 1. The first-order valence-electron chi connectivity index (χ1n) is 7.35. The van der Waals surface area contributed by atoms with Crippen molar-refractivity contribution in [1.82, 2.24) is 4.98 Å². The second-order valence-electron chi connectivity index (χ2n) is 5.31. The molecule has 1 aliphatic carbocycles. The van der Waals surface area contributed by atoms with Crippen LogP contribution in [0.1, 0.15) is 50.8 Å². The highest BCUT2D eigenvalue weighted by molar-refractivity contribution is 5.46. The number of pyridine rings is 1. The molecule has 1 aliphatic rings. The molecule has 106 valence electrons. The largest absolute Gasteiger partial charge is 0.396 e. The lowest BCUT2D eigenvalue weighted by molar-refractivity contribution is 0.283. The summed E-state index contributed by atoms with van der Waals surface area (Å²) in [5.74, 6) is 0.